The molecule has 14 nitrogen and oxygen atoms in total. The first-order valence-corrected chi connectivity index (χ1v) is 21.1. The molecule has 3 atom stereocenters. The summed E-state index contributed by atoms with van der Waals surface area (Å²) in [5, 5.41) is 21.3. The number of hydrogen-bond acceptors (Lipinski definition) is 12. The fourth-order valence-corrected chi connectivity index (χ4v) is 9.70. The van der Waals surface area contributed by atoms with Gasteiger partial charge >= 0.3 is 0 Å². The predicted octanol–water partition coefficient (Wildman–Crippen LogP) is 4.00. The van der Waals surface area contributed by atoms with E-state index in [1.165, 1.54) is 16.8 Å². The number of nitrogens with one attached hydrogen (secondary N) is 1. The Bertz CT molecular complexity index is 2160. The van der Waals surface area contributed by atoms with Gasteiger partial charge in [-0.05, 0) is 98.3 Å². The van der Waals surface area contributed by atoms with Gasteiger partial charge in [0, 0.05) is 82.0 Å². The molecule has 59 heavy (non-hydrogen) atoms. The number of aromatic hydroxyl groups is 1. The molecule has 3 aromatic carbocycles. The fourth-order valence-electron chi connectivity index (χ4n) is 9.70. The standard InChI is InChI=1S/C45H53N9O5/c46-44-39(25-38(48-49-44)37-6-1-2-7-40(37)55)53-27-34-10-11-35(28-53)54(34)33-5-3-4-30(24-33)26-51-20-22-52(23-21-51)43(57)29-50-18-16-32(17-19-50)31-8-12-36(13-9-31)59-41-14-15-42(56)47-45(41)58/h1-9,12-13,24-25,32,34-35,41,55H,10-11,14-23,26-29H2,(H2,46,49)(H,47,56,58)/t34?,35?,41-/m1/s1. The van der Waals surface area contributed by atoms with Gasteiger partial charge in [-0.1, -0.05) is 36.4 Å². The van der Waals surface area contributed by atoms with E-state index in [1.807, 2.05) is 35.2 Å². The maximum atomic E-state index is 13.4. The normalized spacial score (nSPS) is 23.1. The number of ether oxygens (including phenoxy) is 1. The van der Waals surface area contributed by atoms with Crippen molar-refractivity contribution in [3.05, 3.63) is 90.0 Å². The third-order valence-electron chi connectivity index (χ3n) is 12.9. The van der Waals surface area contributed by atoms with Crippen LogP contribution in [0.4, 0.5) is 17.2 Å². The van der Waals surface area contributed by atoms with Gasteiger partial charge in [0.2, 0.25) is 11.8 Å². The van der Waals surface area contributed by atoms with Gasteiger partial charge < -0.3 is 30.3 Å². The lowest BCUT2D eigenvalue weighted by Gasteiger charge is -2.43. The number of carbonyl (C=O) groups excluding carboxylic acids is 3. The summed E-state index contributed by atoms with van der Waals surface area (Å²) < 4.78 is 5.85. The Morgan fingerprint density at radius 1 is 0.814 bits per heavy atom. The first-order chi connectivity index (χ1) is 28.7. The Labute approximate surface area is 344 Å². The summed E-state index contributed by atoms with van der Waals surface area (Å²) in [4.78, 5) is 48.6. The molecular formula is C45H53N9O5. The minimum Gasteiger partial charge on any atom is -0.507 e. The van der Waals surface area contributed by atoms with Gasteiger partial charge in [0.15, 0.2) is 11.9 Å². The average molecular weight is 800 g/mol. The number of nitrogens with two attached hydrogens (primary N) is 1. The molecule has 0 saturated carbocycles. The van der Waals surface area contributed by atoms with Crippen molar-refractivity contribution in [2.24, 2.45) is 0 Å². The van der Waals surface area contributed by atoms with Gasteiger partial charge in [-0.15, -0.1) is 10.2 Å². The summed E-state index contributed by atoms with van der Waals surface area (Å²) in [6, 6.07) is 26.8. The third kappa shape index (κ3) is 8.55. The average Bonchev–Trinajstić information content (AvgIpc) is 3.52. The fraction of sp³-hybridized carbons (Fsp3) is 0.444. The van der Waals surface area contributed by atoms with Gasteiger partial charge in [0.1, 0.15) is 11.5 Å². The number of imide groups is 1. The van der Waals surface area contributed by atoms with Crippen LogP contribution in [0.15, 0.2) is 78.9 Å². The van der Waals surface area contributed by atoms with E-state index in [1.54, 1.807) is 12.1 Å². The molecule has 5 fully saturated rings. The lowest BCUT2D eigenvalue weighted by Crippen LogP contribution is -2.54. The van der Waals surface area contributed by atoms with E-state index < -0.39 is 6.10 Å². The van der Waals surface area contributed by atoms with Crippen LogP contribution >= 0.6 is 0 Å². The maximum absolute atomic E-state index is 13.4. The second kappa shape index (κ2) is 16.9. The lowest BCUT2D eigenvalue weighted by molar-refractivity contribution is -0.139. The summed E-state index contributed by atoms with van der Waals surface area (Å²) in [5.74, 6) is 1.22. The molecule has 4 aromatic rings. The minimum absolute atomic E-state index is 0.171. The highest BCUT2D eigenvalue weighted by Gasteiger charge is 2.41. The van der Waals surface area contributed by atoms with E-state index in [0.29, 0.717) is 60.2 Å². The second-order valence-electron chi connectivity index (χ2n) is 16.7. The smallest absolute Gasteiger partial charge is 0.267 e. The Morgan fingerprint density at radius 3 is 2.29 bits per heavy atom. The molecule has 2 bridgehead atoms. The van der Waals surface area contributed by atoms with Crippen LogP contribution < -0.4 is 25.6 Å². The molecule has 5 aliphatic rings. The first-order valence-electron chi connectivity index (χ1n) is 21.1. The van der Waals surface area contributed by atoms with E-state index in [2.05, 4.69) is 71.5 Å². The Kier molecular flexibility index (Phi) is 11.1. The van der Waals surface area contributed by atoms with Crippen molar-refractivity contribution in [3.8, 4) is 22.8 Å². The molecule has 0 spiro atoms. The highest BCUT2D eigenvalue weighted by molar-refractivity contribution is 5.99. The van der Waals surface area contributed by atoms with Crippen molar-refractivity contribution in [2.75, 3.05) is 74.4 Å². The zero-order valence-corrected chi connectivity index (χ0v) is 33.4. The zero-order chi connectivity index (χ0) is 40.5. The summed E-state index contributed by atoms with van der Waals surface area (Å²) in [7, 11) is 0. The van der Waals surface area contributed by atoms with E-state index in [4.69, 9.17) is 10.5 Å². The number of anilines is 3. The van der Waals surface area contributed by atoms with E-state index >= 15 is 0 Å². The Morgan fingerprint density at radius 2 is 1.56 bits per heavy atom. The SMILES string of the molecule is Nc1nnc(-c2ccccc2O)cc1N1CC2CCC(C1)N2c1cccc(CN2CCN(C(=O)CN3CCC(c4ccc(O[C@@H]5CCC(=O)NC5=O)cc4)CC3)CC2)c1. The number of amides is 3. The zero-order valence-electron chi connectivity index (χ0n) is 33.4. The van der Waals surface area contributed by atoms with Crippen LogP contribution in [0.25, 0.3) is 11.3 Å². The van der Waals surface area contributed by atoms with Crippen LogP contribution in [-0.4, -0.2) is 125 Å². The monoisotopic (exact) mass is 799 g/mol. The molecule has 5 aliphatic heterocycles. The quantitative estimate of drug-likeness (QED) is 0.198. The van der Waals surface area contributed by atoms with Crippen molar-refractivity contribution in [3.63, 3.8) is 0 Å². The number of piperazine rings is 2. The molecule has 1 aromatic heterocycles. The Hall–Kier alpha value is -5.73. The number of nitrogen functional groups attached to an aromatic ring is 1. The highest BCUT2D eigenvalue weighted by Crippen LogP contribution is 2.39. The summed E-state index contributed by atoms with van der Waals surface area (Å²) in [6.07, 6.45) is 4.25. The molecule has 308 valence electrons. The molecular weight excluding hydrogens is 747 g/mol. The molecule has 2 unspecified atom stereocenters. The topological polar surface area (TPSA) is 161 Å². The summed E-state index contributed by atoms with van der Waals surface area (Å²) in [5.41, 5.74) is 12.3. The number of fused-ring (bicyclic) bond motifs is 2. The summed E-state index contributed by atoms with van der Waals surface area (Å²) >= 11 is 0. The number of likely N-dealkylation sites (tertiary alicyclic amines) is 1. The molecule has 0 radical (unpaired) electrons. The van der Waals surface area contributed by atoms with Crippen LogP contribution in [0.2, 0.25) is 0 Å². The Balaban J connectivity index is 0.729. The van der Waals surface area contributed by atoms with Crippen LogP contribution in [-0.2, 0) is 20.9 Å². The van der Waals surface area contributed by atoms with Crippen molar-refractivity contribution in [2.45, 2.75) is 69.2 Å². The van der Waals surface area contributed by atoms with E-state index in [9.17, 15) is 19.5 Å². The van der Waals surface area contributed by atoms with Crippen LogP contribution in [0.3, 0.4) is 0 Å². The first kappa shape index (κ1) is 38.8. The number of phenols is 1. The molecule has 4 N–H and O–H groups in total. The van der Waals surface area contributed by atoms with Crippen LogP contribution in [0.5, 0.6) is 11.5 Å². The van der Waals surface area contributed by atoms with E-state index in [-0.39, 0.29) is 23.5 Å². The molecule has 3 amide bonds. The molecule has 9 rings (SSSR count). The number of benzene rings is 3. The number of carbonyl (C=O) groups is 3. The van der Waals surface area contributed by atoms with E-state index in [0.717, 1.165) is 90.3 Å². The van der Waals surface area contributed by atoms with Gasteiger partial charge in [0.05, 0.1) is 17.9 Å². The molecule has 0 aliphatic carbocycles. The molecule has 5 saturated heterocycles. The largest absolute Gasteiger partial charge is 0.507 e. The van der Waals surface area contributed by atoms with Crippen molar-refractivity contribution in [1.82, 2.24) is 30.2 Å². The van der Waals surface area contributed by atoms with Crippen molar-refractivity contribution >= 4 is 34.9 Å². The molecule has 6 heterocycles. The van der Waals surface area contributed by atoms with Gasteiger partial charge in [0.25, 0.3) is 5.91 Å². The van der Waals surface area contributed by atoms with Crippen LogP contribution in [0.1, 0.15) is 55.6 Å². The third-order valence-corrected chi connectivity index (χ3v) is 12.9. The van der Waals surface area contributed by atoms with Crippen LogP contribution in [0, 0.1) is 0 Å². The summed E-state index contributed by atoms with van der Waals surface area (Å²) in [6.45, 7) is 7.96. The molecule has 14 heteroatoms. The van der Waals surface area contributed by atoms with Gasteiger partial charge in [-0.2, -0.15) is 0 Å². The van der Waals surface area contributed by atoms with Gasteiger partial charge in [-0.3, -0.25) is 29.5 Å². The van der Waals surface area contributed by atoms with Crippen molar-refractivity contribution in [1.29, 1.82) is 0 Å². The number of piperidine rings is 2. The number of rotatable bonds is 10. The minimum atomic E-state index is -0.637. The number of para-hydroxylation sites is 1. The lowest BCUT2D eigenvalue weighted by atomic mass is 9.89. The predicted molar refractivity (Wildman–Crippen MR) is 225 cm³/mol. The number of hydrogen-bond donors (Lipinski definition) is 3. The second-order valence-corrected chi connectivity index (χ2v) is 16.7. The highest BCUT2D eigenvalue weighted by atomic mass is 16.5. The number of phenolic OH excluding ortho intramolecular Hbond substituents is 1. The van der Waals surface area contributed by atoms with Gasteiger partial charge in [-0.25, -0.2) is 0 Å². The number of aromatic nitrogens is 2. The number of nitrogens with zero attached hydrogens (tertiary/aromatic N) is 7. The van der Waals surface area contributed by atoms with Crippen molar-refractivity contribution < 1.29 is 24.2 Å². The maximum Gasteiger partial charge on any atom is 0.267 e.